The molecule has 21 heavy (non-hydrogen) atoms. The number of anilines is 1. The molecule has 1 aliphatic rings. The van der Waals surface area contributed by atoms with Crippen LogP contribution in [0.15, 0.2) is 46.9 Å². The van der Waals surface area contributed by atoms with Crippen molar-refractivity contribution in [2.75, 3.05) is 11.4 Å². The zero-order valence-electron chi connectivity index (χ0n) is 11.6. The Morgan fingerprint density at radius 1 is 1.14 bits per heavy atom. The molecule has 0 radical (unpaired) electrons. The average molecular weight is 346 g/mol. The van der Waals surface area contributed by atoms with Crippen molar-refractivity contribution in [1.29, 1.82) is 0 Å². The molecule has 0 saturated carbocycles. The summed E-state index contributed by atoms with van der Waals surface area (Å²) in [5, 5.41) is 9.21. The van der Waals surface area contributed by atoms with Gasteiger partial charge in [0.2, 0.25) is 0 Å². The summed E-state index contributed by atoms with van der Waals surface area (Å²) in [5.74, 6) is -0.896. The van der Waals surface area contributed by atoms with E-state index in [9.17, 15) is 9.90 Å². The number of halogens is 1. The molecular formula is C17H16BrNO2. The van der Waals surface area contributed by atoms with Crippen LogP contribution in [0.1, 0.15) is 27.9 Å². The second-order valence-corrected chi connectivity index (χ2v) is 6.21. The first-order chi connectivity index (χ1) is 10.1. The van der Waals surface area contributed by atoms with Gasteiger partial charge in [0.05, 0.1) is 5.56 Å². The number of carboxylic acids is 1. The third-order valence-corrected chi connectivity index (χ3v) is 4.31. The molecule has 1 N–H and O–H groups in total. The number of aromatic carboxylic acids is 1. The molecule has 3 nitrogen and oxygen atoms in total. The summed E-state index contributed by atoms with van der Waals surface area (Å²) >= 11 is 3.41. The number of carbonyl (C=O) groups is 1. The van der Waals surface area contributed by atoms with Gasteiger partial charge in [0.15, 0.2) is 0 Å². The molecule has 0 amide bonds. The van der Waals surface area contributed by atoms with E-state index in [2.05, 4.69) is 45.1 Å². The van der Waals surface area contributed by atoms with Crippen LogP contribution in [0, 0.1) is 0 Å². The fraction of sp³-hybridized carbons (Fsp3) is 0.235. The van der Waals surface area contributed by atoms with E-state index in [4.69, 9.17) is 0 Å². The van der Waals surface area contributed by atoms with Gasteiger partial charge in [-0.05, 0) is 42.2 Å². The molecule has 108 valence electrons. The summed E-state index contributed by atoms with van der Waals surface area (Å²) < 4.78 is 0.801. The van der Waals surface area contributed by atoms with Crippen LogP contribution in [-0.4, -0.2) is 17.6 Å². The molecule has 0 saturated heterocycles. The SMILES string of the molecule is O=C(O)c1cc(Br)cc(N2CCCc3ccccc3C2)c1. The molecular weight excluding hydrogens is 330 g/mol. The second-order valence-electron chi connectivity index (χ2n) is 5.30. The van der Waals surface area contributed by atoms with Gasteiger partial charge in [0.25, 0.3) is 0 Å². The van der Waals surface area contributed by atoms with Crippen molar-refractivity contribution in [3.63, 3.8) is 0 Å². The summed E-state index contributed by atoms with van der Waals surface area (Å²) in [7, 11) is 0. The third kappa shape index (κ3) is 3.10. The fourth-order valence-electron chi connectivity index (χ4n) is 2.80. The maximum absolute atomic E-state index is 11.2. The summed E-state index contributed by atoms with van der Waals surface area (Å²) in [5.41, 5.74) is 4.00. The van der Waals surface area contributed by atoms with Crippen LogP contribution in [-0.2, 0) is 13.0 Å². The van der Waals surface area contributed by atoms with Gasteiger partial charge in [-0.2, -0.15) is 0 Å². The largest absolute Gasteiger partial charge is 0.478 e. The Hall–Kier alpha value is -1.81. The quantitative estimate of drug-likeness (QED) is 0.890. The number of aryl methyl sites for hydroxylation is 1. The van der Waals surface area contributed by atoms with Crippen LogP contribution in [0.5, 0.6) is 0 Å². The molecule has 4 heteroatoms. The van der Waals surface area contributed by atoms with E-state index in [1.165, 1.54) is 11.1 Å². The Morgan fingerprint density at radius 2 is 1.90 bits per heavy atom. The van der Waals surface area contributed by atoms with E-state index in [0.717, 1.165) is 36.1 Å². The molecule has 0 aliphatic carbocycles. The minimum absolute atomic E-state index is 0.317. The van der Waals surface area contributed by atoms with Gasteiger partial charge in [-0.1, -0.05) is 40.2 Å². The summed E-state index contributed by atoms with van der Waals surface area (Å²) in [6.07, 6.45) is 2.15. The lowest BCUT2D eigenvalue weighted by Gasteiger charge is -2.24. The number of hydrogen-bond donors (Lipinski definition) is 1. The Labute approximate surface area is 132 Å². The van der Waals surface area contributed by atoms with Gasteiger partial charge in [0, 0.05) is 23.2 Å². The number of hydrogen-bond acceptors (Lipinski definition) is 2. The first-order valence-electron chi connectivity index (χ1n) is 6.99. The molecule has 1 aliphatic heterocycles. The Bertz CT molecular complexity index is 684. The van der Waals surface area contributed by atoms with E-state index < -0.39 is 5.97 Å². The first kappa shape index (κ1) is 14.1. The zero-order valence-corrected chi connectivity index (χ0v) is 13.1. The first-order valence-corrected chi connectivity index (χ1v) is 7.78. The lowest BCUT2D eigenvalue weighted by Crippen LogP contribution is -2.22. The zero-order chi connectivity index (χ0) is 14.8. The second kappa shape index (κ2) is 5.90. The summed E-state index contributed by atoms with van der Waals surface area (Å²) in [6.45, 7) is 1.76. The number of nitrogens with zero attached hydrogens (tertiary/aromatic N) is 1. The van der Waals surface area contributed by atoms with Crippen molar-refractivity contribution in [3.05, 3.63) is 63.6 Å². The molecule has 3 rings (SSSR count). The molecule has 0 spiro atoms. The Morgan fingerprint density at radius 3 is 2.67 bits per heavy atom. The molecule has 0 fully saturated rings. The predicted octanol–water partition coefficient (Wildman–Crippen LogP) is 4.10. The standard InChI is InChI=1S/C17H16BrNO2/c18-15-8-14(17(20)21)9-16(10-15)19-7-3-6-12-4-1-2-5-13(12)11-19/h1-2,4-5,8-10H,3,6-7,11H2,(H,20,21). The van der Waals surface area contributed by atoms with Crippen LogP contribution < -0.4 is 4.90 Å². The van der Waals surface area contributed by atoms with Gasteiger partial charge < -0.3 is 10.0 Å². The average Bonchev–Trinajstić information content (AvgIpc) is 2.68. The van der Waals surface area contributed by atoms with E-state index >= 15 is 0 Å². The molecule has 1 heterocycles. The van der Waals surface area contributed by atoms with Crippen LogP contribution in [0.3, 0.4) is 0 Å². The highest BCUT2D eigenvalue weighted by atomic mass is 79.9. The lowest BCUT2D eigenvalue weighted by atomic mass is 10.0. The van der Waals surface area contributed by atoms with Crippen LogP contribution in [0.4, 0.5) is 5.69 Å². The topological polar surface area (TPSA) is 40.5 Å². The molecule has 0 aromatic heterocycles. The van der Waals surface area contributed by atoms with Gasteiger partial charge in [-0.15, -0.1) is 0 Å². The van der Waals surface area contributed by atoms with Crippen LogP contribution in [0.2, 0.25) is 0 Å². The molecule has 0 atom stereocenters. The fourth-order valence-corrected chi connectivity index (χ4v) is 3.28. The summed E-state index contributed by atoms with van der Waals surface area (Å²) in [6, 6.07) is 13.9. The van der Waals surface area contributed by atoms with Gasteiger partial charge >= 0.3 is 5.97 Å². The third-order valence-electron chi connectivity index (χ3n) is 3.85. The molecule has 2 aromatic carbocycles. The number of fused-ring (bicyclic) bond motifs is 1. The minimum atomic E-state index is -0.896. The molecule has 0 bridgehead atoms. The van der Waals surface area contributed by atoms with Crippen molar-refractivity contribution in [3.8, 4) is 0 Å². The summed E-state index contributed by atoms with van der Waals surface area (Å²) in [4.78, 5) is 13.5. The number of carboxylic acid groups (broad SMARTS) is 1. The van der Waals surface area contributed by atoms with Crippen LogP contribution >= 0.6 is 15.9 Å². The van der Waals surface area contributed by atoms with E-state index in [1.807, 2.05) is 6.07 Å². The maximum atomic E-state index is 11.2. The maximum Gasteiger partial charge on any atom is 0.335 e. The highest BCUT2D eigenvalue weighted by Gasteiger charge is 2.16. The van der Waals surface area contributed by atoms with Gasteiger partial charge in [0.1, 0.15) is 0 Å². The predicted molar refractivity (Wildman–Crippen MR) is 86.9 cm³/mol. The van der Waals surface area contributed by atoms with Crippen molar-refractivity contribution < 1.29 is 9.90 Å². The molecule has 0 unspecified atom stereocenters. The van der Waals surface area contributed by atoms with Crippen LogP contribution in [0.25, 0.3) is 0 Å². The Balaban J connectivity index is 1.95. The Kier molecular flexibility index (Phi) is 3.97. The number of benzene rings is 2. The van der Waals surface area contributed by atoms with E-state index in [1.54, 1.807) is 12.1 Å². The van der Waals surface area contributed by atoms with Crippen molar-refractivity contribution in [1.82, 2.24) is 0 Å². The van der Waals surface area contributed by atoms with Crippen molar-refractivity contribution >= 4 is 27.6 Å². The normalized spacial score (nSPS) is 14.4. The monoisotopic (exact) mass is 345 g/mol. The molecule has 2 aromatic rings. The van der Waals surface area contributed by atoms with Crippen molar-refractivity contribution in [2.24, 2.45) is 0 Å². The van der Waals surface area contributed by atoms with Gasteiger partial charge in [-0.25, -0.2) is 4.79 Å². The lowest BCUT2D eigenvalue weighted by molar-refractivity contribution is 0.0697. The smallest absolute Gasteiger partial charge is 0.335 e. The highest BCUT2D eigenvalue weighted by Crippen LogP contribution is 2.27. The van der Waals surface area contributed by atoms with Crippen molar-refractivity contribution in [2.45, 2.75) is 19.4 Å². The van der Waals surface area contributed by atoms with E-state index in [-0.39, 0.29) is 0 Å². The van der Waals surface area contributed by atoms with Gasteiger partial charge in [-0.3, -0.25) is 0 Å². The highest BCUT2D eigenvalue weighted by molar-refractivity contribution is 9.10. The van der Waals surface area contributed by atoms with E-state index in [0.29, 0.717) is 5.56 Å². The number of rotatable bonds is 2. The minimum Gasteiger partial charge on any atom is -0.478 e.